The van der Waals surface area contributed by atoms with Crippen LogP contribution >= 0.6 is 11.8 Å². The van der Waals surface area contributed by atoms with E-state index in [9.17, 15) is 29.3 Å². The quantitative estimate of drug-likeness (QED) is 0.325. The Morgan fingerprint density at radius 2 is 1.65 bits per heavy atom. The number of benzene rings is 3. The van der Waals surface area contributed by atoms with E-state index in [1.54, 1.807) is 12.1 Å². The minimum atomic E-state index is -0.858. The molecule has 0 amide bonds. The minimum Gasteiger partial charge on any atom is -0.508 e. The van der Waals surface area contributed by atoms with Crippen molar-refractivity contribution in [3.05, 3.63) is 98.9 Å². The molecule has 3 N–H and O–H groups in total. The average Bonchev–Trinajstić information content (AvgIpc) is 2.80. The van der Waals surface area contributed by atoms with Crippen molar-refractivity contribution >= 4 is 33.6 Å². The Bertz CT molecular complexity index is 1690. The zero-order chi connectivity index (χ0) is 24.0. The summed E-state index contributed by atoms with van der Waals surface area (Å²) in [5.74, 6) is -1.11. The number of phenolic OH excluding ortho intramolecular Hbond substituents is 2. The second-order valence-corrected chi connectivity index (χ2v) is 8.67. The summed E-state index contributed by atoms with van der Waals surface area (Å²) < 4.78 is 20.2. The Balaban J connectivity index is 1.79. The lowest BCUT2D eigenvalue weighted by atomic mass is 10.1. The highest BCUT2D eigenvalue weighted by Gasteiger charge is 2.22. The first-order valence-electron chi connectivity index (χ1n) is 10.1. The molecule has 0 radical (unpaired) electrons. The van der Waals surface area contributed by atoms with E-state index in [0.29, 0.717) is 15.8 Å². The van der Waals surface area contributed by atoms with Gasteiger partial charge >= 0.3 is 5.63 Å². The highest BCUT2D eigenvalue weighted by Crippen LogP contribution is 2.38. The number of pyridine rings is 1. The molecule has 3 aromatic carbocycles. The van der Waals surface area contributed by atoms with E-state index in [2.05, 4.69) is 0 Å². The van der Waals surface area contributed by atoms with E-state index in [-0.39, 0.29) is 39.4 Å². The number of fused-ring (bicyclic) bond motifs is 3. The molecule has 0 saturated carbocycles. The Labute approximate surface area is 195 Å². The molecule has 7 nitrogen and oxygen atoms in total. The van der Waals surface area contributed by atoms with Crippen molar-refractivity contribution in [2.24, 2.45) is 0 Å². The third kappa shape index (κ3) is 3.75. The highest BCUT2D eigenvalue weighted by molar-refractivity contribution is 7.99. The second-order valence-electron chi connectivity index (χ2n) is 7.59. The molecule has 0 spiro atoms. The summed E-state index contributed by atoms with van der Waals surface area (Å²) in [4.78, 5) is 26.6. The molecule has 0 aliphatic rings. The largest absolute Gasteiger partial charge is 0.508 e. The van der Waals surface area contributed by atoms with E-state index in [1.807, 2.05) is 0 Å². The fourth-order valence-corrected chi connectivity index (χ4v) is 4.65. The average molecular weight is 477 g/mol. The van der Waals surface area contributed by atoms with Gasteiger partial charge in [-0.25, -0.2) is 9.18 Å². The number of phenols is 2. The van der Waals surface area contributed by atoms with Crippen LogP contribution in [0.5, 0.6) is 17.2 Å². The first-order chi connectivity index (χ1) is 16.3. The van der Waals surface area contributed by atoms with Crippen molar-refractivity contribution in [2.75, 3.05) is 0 Å². The van der Waals surface area contributed by atoms with Gasteiger partial charge in [-0.05, 0) is 48.0 Å². The molecule has 0 fully saturated rings. The molecule has 0 atom stereocenters. The van der Waals surface area contributed by atoms with Gasteiger partial charge in [-0.2, -0.15) is 0 Å². The number of hydrogen-bond donors (Lipinski definition) is 3. The molecule has 2 aromatic heterocycles. The molecule has 0 aliphatic carbocycles. The van der Waals surface area contributed by atoms with E-state index < -0.39 is 22.8 Å². The summed E-state index contributed by atoms with van der Waals surface area (Å²) in [6.07, 6.45) is 0. The van der Waals surface area contributed by atoms with Crippen LogP contribution in [0, 0.1) is 5.82 Å². The lowest BCUT2D eigenvalue weighted by Crippen LogP contribution is -2.22. The highest BCUT2D eigenvalue weighted by atomic mass is 32.2. The second kappa shape index (κ2) is 8.27. The monoisotopic (exact) mass is 477 g/mol. The van der Waals surface area contributed by atoms with Crippen LogP contribution < -0.4 is 11.2 Å². The van der Waals surface area contributed by atoms with E-state index >= 15 is 0 Å². The van der Waals surface area contributed by atoms with Crippen molar-refractivity contribution in [2.45, 2.75) is 16.3 Å². The van der Waals surface area contributed by atoms with Crippen LogP contribution in [0.2, 0.25) is 0 Å². The van der Waals surface area contributed by atoms with Gasteiger partial charge in [-0.3, -0.25) is 4.79 Å². The number of aromatic nitrogens is 1. The summed E-state index contributed by atoms with van der Waals surface area (Å²) in [5.41, 5.74) is -0.741. The zero-order valence-electron chi connectivity index (χ0n) is 17.4. The van der Waals surface area contributed by atoms with Crippen LogP contribution in [0.25, 0.3) is 21.9 Å². The molecular weight excluding hydrogens is 461 g/mol. The molecule has 170 valence electrons. The predicted molar refractivity (Wildman–Crippen MR) is 125 cm³/mol. The van der Waals surface area contributed by atoms with Gasteiger partial charge in [0.1, 0.15) is 27.6 Å². The van der Waals surface area contributed by atoms with Crippen LogP contribution in [0.1, 0.15) is 5.56 Å². The molecule has 0 unspecified atom stereocenters. The standard InChI is InChI=1S/C25H16FNO6S/c26-14-6-4-13(5-7-14)12-27-19-11-16(29)8-9-18(19)22-20(24(27)31)21(30)23(25(32)33-22)34-17-3-1-2-15(28)10-17/h1-11,28-30H,12H2. The molecule has 5 aromatic rings. The minimum absolute atomic E-state index is 0.0165. The summed E-state index contributed by atoms with van der Waals surface area (Å²) in [7, 11) is 0. The Morgan fingerprint density at radius 1 is 0.912 bits per heavy atom. The fourth-order valence-electron chi connectivity index (χ4n) is 3.76. The van der Waals surface area contributed by atoms with Crippen LogP contribution in [-0.4, -0.2) is 19.9 Å². The molecule has 9 heteroatoms. The van der Waals surface area contributed by atoms with Gasteiger partial charge in [0.05, 0.1) is 12.1 Å². The third-order valence-electron chi connectivity index (χ3n) is 5.33. The Morgan fingerprint density at radius 3 is 2.38 bits per heavy atom. The fraction of sp³-hybridized carbons (Fsp3) is 0.0400. The van der Waals surface area contributed by atoms with Gasteiger partial charge in [0.2, 0.25) is 0 Å². The number of rotatable bonds is 4. The topological polar surface area (TPSA) is 113 Å². The predicted octanol–water partition coefficient (Wildman–Crippen LogP) is 4.56. The summed E-state index contributed by atoms with van der Waals surface area (Å²) in [6.45, 7) is 0.0165. The lowest BCUT2D eigenvalue weighted by Gasteiger charge is -2.14. The lowest BCUT2D eigenvalue weighted by molar-refractivity contribution is 0.446. The third-order valence-corrected chi connectivity index (χ3v) is 6.38. The van der Waals surface area contributed by atoms with Crippen LogP contribution in [-0.2, 0) is 6.54 Å². The van der Waals surface area contributed by atoms with Crippen LogP contribution in [0.4, 0.5) is 4.39 Å². The SMILES string of the molecule is O=c1oc2c(c(O)c1Sc1cccc(O)c1)c(=O)n(Cc1ccc(F)cc1)c1cc(O)ccc21. The van der Waals surface area contributed by atoms with Crippen LogP contribution in [0.3, 0.4) is 0 Å². The van der Waals surface area contributed by atoms with E-state index in [4.69, 9.17) is 4.42 Å². The molecule has 34 heavy (non-hydrogen) atoms. The summed E-state index contributed by atoms with van der Waals surface area (Å²) >= 11 is 0.852. The first kappa shape index (κ1) is 21.6. The van der Waals surface area contributed by atoms with Gasteiger partial charge in [0.15, 0.2) is 11.3 Å². The molecule has 5 rings (SSSR count). The van der Waals surface area contributed by atoms with Crippen molar-refractivity contribution in [1.29, 1.82) is 0 Å². The van der Waals surface area contributed by atoms with Gasteiger partial charge < -0.3 is 24.3 Å². The van der Waals surface area contributed by atoms with E-state index in [0.717, 1.165) is 11.8 Å². The van der Waals surface area contributed by atoms with Crippen molar-refractivity contribution < 1.29 is 24.1 Å². The summed E-state index contributed by atoms with van der Waals surface area (Å²) in [5, 5.41) is 30.9. The van der Waals surface area contributed by atoms with Crippen LogP contribution in [0.15, 0.2) is 90.5 Å². The normalized spacial score (nSPS) is 11.3. The van der Waals surface area contributed by atoms with Crippen molar-refractivity contribution in [3.8, 4) is 17.2 Å². The van der Waals surface area contributed by atoms with E-state index in [1.165, 1.54) is 59.2 Å². The maximum Gasteiger partial charge on any atom is 0.354 e. The first-order valence-corrected chi connectivity index (χ1v) is 10.9. The molecular formula is C25H16FNO6S. The van der Waals surface area contributed by atoms with Gasteiger partial charge in [-0.1, -0.05) is 30.0 Å². The molecule has 0 bridgehead atoms. The summed E-state index contributed by atoms with van der Waals surface area (Å²) in [6, 6.07) is 15.9. The number of halogens is 1. The molecule has 0 aliphatic heterocycles. The Kier molecular flexibility index (Phi) is 5.25. The van der Waals surface area contributed by atoms with Crippen molar-refractivity contribution in [1.82, 2.24) is 4.57 Å². The zero-order valence-corrected chi connectivity index (χ0v) is 18.2. The maximum absolute atomic E-state index is 13.6. The smallest absolute Gasteiger partial charge is 0.354 e. The Hall–Kier alpha value is -4.24. The number of nitrogens with zero attached hydrogens (tertiary/aromatic N) is 1. The molecule has 2 heterocycles. The van der Waals surface area contributed by atoms with Crippen molar-refractivity contribution in [3.63, 3.8) is 0 Å². The van der Waals surface area contributed by atoms with Gasteiger partial charge in [0, 0.05) is 16.3 Å². The number of hydrogen-bond acceptors (Lipinski definition) is 7. The van der Waals surface area contributed by atoms with Gasteiger partial charge in [0.25, 0.3) is 5.56 Å². The number of aromatic hydroxyl groups is 3. The maximum atomic E-state index is 13.6. The molecule has 0 saturated heterocycles. The van der Waals surface area contributed by atoms with Gasteiger partial charge in [-0.15, -0.1) is 0 Å².